The monoisotopic (exact) mass is 638 g/mol. The summed E-state index contributed by atoms with van der Waals surface area (Å²) in [5.41, 5.74) is 1.50. The van der Waals surface area contributed by atoms with Crippen LogP contribution in [0, 0.1) is 5.82 Å². The number of benzene rings is 3. The third-order valence-corrected chi connectivity index (χ3v) is 7.43. The topological polar surface area (TPSA) is 84.9 Å². The number of carbonyl (C=O) groups excluding carboxylic acids is 3. The van der Waals surface area contributed by atoms with Gasteiger partial charge in [0.1, 0.15) is 19.0 Å². The van der Waals surface area contributed by atoms with Crippen molar-refractivity contribution in [3.8, 4) is 11.5 Å². The van der Waals surface area contributed by atoms with Crippen molar-refractivity contribution in [3.05, 3.63) is 91.0 Å². The van der Waals surface area contributed by atoms with Gasteiger partial charge in [0.25, 0.3) is 11.1 Å². The molecule has 3 aromatic carbocycles. The Labute approximate surface area is 240 Å². The van der Waals surface area contributed by atoms with Gasteiger partial charge in [-0.15, -0.1) is 0 Å². The van der Waals surface area contributed by atoms with E-state index in [1.54, 1.807) is 30.3 Å². The van der Waals surface area contributed by atoms with Crippen LogP contribution in [0.4, 0.5) is 14.9 Å². The Balaban J connectivity index is 1.48. The van der Waals surface area contributed by atoms with E-state index in [9.17, 15) is 18.8 Å². The summed E-state index contributed by atoms with van der Waals surface area (Å²) in [5.74, 6) is -0.978. The molecule has 1 heterocycles. The minimum absolute atomic E-state index is 0.123. The van der Waals surface area contributed by atoms with Crippen LogP contribution in [0.1, 0.15) is 11.1 Å². The largest absolute Gasteiger partial charge is 0.493 e. The molecule has 4 rings (SSSR count). The normalized spacial score (nSPS) is 14.2. The Bertz CT molecular complexity index is 1470. The van der Waals surface area contributed by atoms with Crippen LogP contribution in [-0.2, 0) is 16.2 Å². The third kappa shape index (κ3) is 6.68. The summed E-state index contributed by atoms with van der Waals surface area (Å²) in [6.07, 6.45) is 1.52. The lowest BCUT2D eigenvalue weighted by molar-refractivity contribution is -0.127. The molecule has 38 heavy (non-hydrogen) atoms. The Morgan fingerprint density at radius 1 is 1.13 bits per heavy atom. The summed E-state index contributed by atoms with van der Waals surface area (Å²) in [4.78, 5) is 38.7. The number of thioether (sulfide) groups is 1. The van der Waals surface area contributed by atoms with E-state index in [1.807, 2.05) is 0 Å². The van der Waals surface area contributed by atoms with E-state index in [0.29, 0.717) is 43.3 Å². The smallest absolute Gasteiger partial charge is 0.294 e. The standard InChI is InChI=1S/C26H18BrCl2FN2O5S/c1-36-21-7-15(19(27)11-22(21)37-13-14-5-6-16(28)9-20(14)29)8-23-25(34)32(26(35)38-23)12-24(33)31-18-4-2-3-17(30)10-18/h2-11H,12-13H2,1H3,(H,31,33)/b23-8+. The lowest BCUT2D eigenvalue weighted by atomic mass is 10.1. The molecular formula is C26H18BrCl2FN2O5S. The van der Waals surface area contributed by atoms with E-state index in [0.717, 1.165) is 16.5 Å². The molecule has 0 spiro atoms. The molecule has 1 N–H and O–H groups in total. The predicted octanol–water partition coefficient (Wildman–Crippen LogP) is 7.16. The van der Waals surface area contributed by atoms with Crippen LogP contribution in [-0.4, -0.2) is 35.6 Å². The van der Waals surface area contributed by atoms with Crippen LogP contribution in [0.15, 0.2) is 64.0 Å². The van der Waals surface area contributed by atoms with E-state index in [2.05, 4.69) is 21.2 Å². The molecule has 0 aromatic heterocycles. The average molecular weight is 640 g/mol. The summed E-state index contributed by atoms with van der Waals surface area (Å²) in [6.45, 7) is -0.349. The van der Waals surface area contributed by atoms with Gasteiger partial charge in [-0.25, -0.2) is 4.39 Å². The Hall–Kier alpha value is -3.05. The Morgan fingerprint density at radius 3 is 2.63 bits per heavy atom. The highest BCUT2D eigenvalue weighted by atomic mass is 79.9. The van der Waals surface area contributed by atoms with E-state index >= 15 is 0 Å². The Morgan fingerprint density at radius 2 is 1.92 bits per heavy atom. The molecule has 1 saturated heterocycles. The molecule has 3 amide bonds. The molecule has 1 fully saturated rings. The highest BCUT2D eigenvalue weighted by Gasteiger charge is 2.36. The van der Waals surface area contributed by atoms with Gasteiger partial charge in [-0.1, -0.05) is 51.3 Å². The maximum atomic E-state index is 13.4. The van der Waals surface area contributed by atoms with Gasteiger partial charge >= 0.3 is 0 Å². The number of nitrogens with one attached hydrogen (secondary N) is 1. The minimum atomic E-state index is -0.635. The molecule has 0 aliphatic carbocycles. The molecule has 0 atom stereocenters. The van der Waals surface area contributed by atoms with Crippen molar-refractivity contribution in [3.63, 3.8) is 0 Å². The zero-order chi connectivity index (χ0) is 27.4. The van der Waals surface area contributed by atoms with Crippen molar-refractivity contribution in [2.24, 2.45) is 0 Å². The van der Waals surface area contributed by atoms with Gasteiger partial charge in [0.2, 0.25) is 5.91 Å². The van der Waals surface area contributed by atoms with E-state index in [1.165, 1.54) is 31.4 Å². The number of hydrogen-bond donors (Lipinski definition) is 1. The second-order valence-electron chi connectivity index (χ2n) is 7.88. The summed E-state index contributed by atoms with van der Waals surface area (Å²) < 4.78 is 25.3. The van der Waals surface area contributed by atoms with Crippen LogP contribution < -0.4 is 14.8 Å². The van der Waals surface area contributed by atoms with Crippen molar-refractivity contribution >= 4 is 79.7 Å². The lowest BCUT2D eigenvalue weighted by Gasteiger charge is -2.14. The van der Waals surface area contributed by atoms with E-state index in [4.69, 9.17) is 32.7 Å². The number of rotatable bonds is 8. The van der Waals surface area contributed by atoms with Crippen molar-refractivity contribution in [1.29, 1.82) is 0 Å². The lowest BCUT2D eigenvalue weighted by Crippen LogP contribution is -2.36. The van der Waals surface area contributed by atoms with Crippen LogP contribution in [0.5, 0.6) is 11.5 Å². The van der Waals surface area contributed by atoms with Crippen molar-refractivity contribution in [2.45, 2.75) is 6.61 Å². The first-order chi connectivity index (χ1) is 18.1. The van der Waals surface area contributed by atoms with Gasteiger partial charge in [-0.2, -0.15) is 0 Å². The molecule has 1 aliphatic heterocycles. The summed E-state index contributed by atoms with van der Waals surface area (Å²) in [5, 5.41) is 2.85. The zero-order valence-electron chi connectivity index (χ0n) is 19.6. The molecular weight excluding hydrogens is 622 g/mol. The summed E-state index contributed by atoms with van der Waals surface area (Å²) >= 11 is 16.3. The number of hydrogen-bond acceptors (Lipinski definition) is 6. The highest BCUT2D eigenvalue weighted by Crippen LogP contribution is 2.38. The molecule has 0 bridgehead atoms. The maximum absolute atomic E-state index is 13.4. The quantitative estimate of drug-likeness (QED) is 0.263. The number of nitrogens with zero attached hydrogens (tertiary/aromatic N) is 1. The first-order valence-corrected chi connectivity index (χ1v) is 13.3. The molecule has 12 heteroatoms. The van der Waals surface area contributed by atoms with Crippen LogP contribution >= 0.6 is 50.9 Å². The van der Waals surface area contributed by atoms with E-state index in [-0.39, 0.29) is 17.2 Å². The van der Waals surface area contributed by atoms with Crippen molar-refractivity contribution < 1.29 is 28.2 Å². The fraction of sp³-hybridized carbons (Fsp3) is 0.115. The average Bonchev–Trinajstić information content (AvgIpc) is 3.12. The van der Waals surface area contributed by atoms with Gasteiger partial charge in [-0.05, 0) is 65.9 Å². The van der Waals surface area contributed by atoms with Gasteiger partial charge in [-0.3, -0.25) is 19.3 Å². The second-order valence-corrected chi connectivity index (χ2v) is 10.6. The Kier molecular flexibility index (Phi) is 8.99. The predicted molar refractivity (Wildman–Crippen MR) is 149 cm³/mol. The van der Waals surface area contributed by atoms with Gasteiger partial charge in [0, 0.05) is 25.8 Å². The maximum Gasteiger partial charge on any atom is 0.294 e. The number of amides is 3. The molecule has 196 valence electrons. The number of imide groups is 1. The van der Waals surface area contributed by atoms with Gasteiger partial charge in [0.05, 0.1) is 12.0 Å². The SMILES string of the molecule is COc1cc(/C=C2/SC(=O)N(CC(=O)Nc3cccc(F)c3)C2=O)c(Br)cc1OCc1ccc(Cl)cc1Cl. The second kappa shape index (κ2) is 12.2. The molecule has 0 radical (unpaired) electrons. The first-order valence-electron chi connectivity index (χ1n) is 10.9. The third-order valence-electron chi connectivity index (χ3n) is 5.25. The summed E-state index contributed by atoms with van der Waals surface area (Å²) in [6, 6.07) is 13.7. The van der Waals surface area contributed by atoms with Crippen LogP contribution in [0.3, 0.4) is 0 Å². The van der Waals surface area contributed by atoms with Crippen molar-refractivity contribution in [1.82, 2.24) is 4.90 Å². The molecule has 0 unspecified atom stereocenters. The van der Waals surface area contributed by atoms with Crippen molar-refractivity contribution in [2.75, 3.05) is 19.0 Å². The first kappa shape index (κ1) is 28.0. The number of halogens is 4. The highest BCUT2D eigenvalue weighted by molar-refractivity contribution is 9.10. The molecule has 3 aromatic rings. The molecule has 1 aliphatic rings. The molecule has 7 nitrogen and oxygen atoms in total. The fourth-order valence-corrected chi connectivity index (χ4v) is 5.14. The zero-order valence-corrected chi connectivity index (χ0v) is 23.5. The molecule has 0 saturated carbocycles. The van der Waals surface area contributed by atoms with Gasteiger partial charge in [0.15, 0.2) is 11.5 Å². The number of ether oxygens (including phenoxy) is 2. The number of carbonyl (C=O) groups is 3. The number of anilines is 1. The fourth-order valence-electron chi connectivity index (χ4n) is 3.42. The van der Waals surface area contributed by atoms with Crippen LogP contribution in [0.2, 0.25) is 10.0 Å². The van der Waals surface area contributed by atoms with Gasteiger partial charge < -0.3 is 14.8 Å². The minimum Gasteiger partial charge on any atom is -0.493 e. The van der Waals surface area contributed by atoms with E-state index < -0.39 is 29.4 Å². The number of methoxy groups -OCH3 is 1. The summed E-state index contributed by atoms with van der Waals surface area (Å²) in [7, 11) is 1.47. The van der Waals surface area contributed by atoms with Crippen LogP contribution in [0.25, 0.3) is 6.08 Å².